The van der Waals surface area contributed by atoms with Crippen LogP contribution in [-0.4, -0.2) is 45.3 Å². The van der Waals surface area contributed by atoms with E-state index >= 15 is 0 Å². The van der Waals surface area contributed by atoms with Gasteiger partial charge in [-0.25, -0.2) is 0 Å². The summed E-state index contributed by atoms with van der Waals surface area (Å²) in [5, 5.41) is 12.0. The van der Waals surface area contributed by atoms with Gasteiger partial charge in [-0.05, 0) is 45.7 Å². The molecule has 0 radical (unpaired) electrons. The van der Waals surface area contributed by atoms with Crippen LogP contribution in [0.15, 0.2) is 0 Å². The van der Waals surface area contributed by atoms with Gasteiger partial charge < -0.3 is 19.3 Å². The highest BCUT2D eigenvalue weighted by atomic mass is 28.4. The van der Waals surface area contributed by atoms with Crippen LogP contribution in [0.3, 0.4) is 0 Å². The van der Waals surface area contributed by atoms with Gasteiger partial charge in [-0.15, -0.1) is 0 Å². The number of amides is 1. The lowest BCUT2D eigenvalue weighted by Crippen LogP contribution is -2.40. The third kappa shape index (κ3) is 5.70. The van der Waals surface area contributed by atoms with Crippen LogP contribution in [-0.2, 0) is 18.4 Å². The third-order valence-corrected chi connectivity index (χ3v) is 7.24. The van der Waals surface area contributed by atoms with E-state index in [1.165, 1.54) is 0 Å². The summed E-state index contributed by atoms with van der Waals surface area (Å²) in [6.45, 7) is 7.77. The molecule has 0 saturated heterocycles. The molecule has 2 N–H and O–H groups in total. The second kappa shape index (κ2) is 9.27. The van der Waals surface area contributed by atoms with Crippen LogP contribution in [0.4, 0.5) is 0 Å². The van der Waals surface area contributed by atoms with Crippen molar-refractivity contribution in [3.63, 3.8) is 0 Å². The standard InChI is InChI=1S/C15H29NO5Si/c1-4-20-22(3,21-5-2)11-7-10-16-14(17)12-8-6-9-13(12)15(18)19/h12-13H,4-11H2,1-3H3,(H,16,17)(H,18,19). The fraction of sp³-hybridized carbons (Fsp3) is 0.867. The van der Waals surface area contributed by atoms with Crippen LogP contribution < -0.4 is 5.32 Å². The molecule has 7 heteroatoms. The number of carbonyl (C=O) groups is 2. The lowest BCUT2D eigenvalue weighted by Gasteiger charge is -2.26. The molecule has 0 spiro atoms. The molecule has 0 aromatic carbocycles. The maximum absolute atomic E-state index is 12.1. The van der Waals surface area contributed by atoms with Crippen LogP contribution in [0.1, 0.15) is 39.5 Å². The summed E-state index contributed by atoms with van der Waals surface area (Å²) in [6, 6.07) is 0.821. The van der Waals surface area contributed by atoms with Gasteiger partial charge in [-0.2, -0.15) is 0 Å². The molecule has 0 aliphatic heterocycles. The lowest BCUT2D eigenvalue weighted by molar-refractivity contribution is -0.146. The minimum Gasteiger partial charge on any atom is -0.481 e. The largest absolute Gasteiger partial charge is 0.481 e. The summed E-state index contributed by atoms with van der Waals surface area (Å²) in [6.07, 6.45) is 2.88. The van der Waals surface area contributed by atoms with E-state index in [-0.39, 0.29) is 11.8 Å². The smallest absolute Gasteiger partial charge is 0.334 e. The predicted molar refractivity (Wildman–Crippen MR) is 85.8 cm³/mol. The molecule has 6 nitrogen and oxygen atoms in total. The molecule has 0 aromatic rings. The highest BCUT2D eigenvalue weighted by Gasteiger charge is 2.37. The molecule has 1 fully saturated rings. The Balaban J connectivity index is 2.34. The van der Waals surface area contributed by atoms with Crippen LogP contribution in [0.2, 0.25) is 12.6 Å². The van der Waals surface area contributed by atoms with Gasteiger partial charge in [0.05, 0.1) is 11.8 Å². The summed E-state index contributed by atoms with van der Waals surface area (Å²) >= 11 is 0. The van der Waals surface area contributed by atoms with E-state index in [1.54, 1.807) is 0 Å². The number of rotatable bonds is 10. The first-order valence-corrected chi connectivity index (χ1v) is 10.7. The van der Waals surface area contributed by atoms with Crippen molar-refractivity contribution >= 4 is 20.4 Å². The Hall–Kier alpha value is -0.923. The lowest BCUT2D eigenvalue weighted by atomic mass is 9.95. The zero-order valence-electron chi connectivity index (χ0n) is 13.9. The van der Waals surface area contributed by atoms with Crippen molar-refractivity contribution in [2.75, 3.05) is 19.8 Å². The number of carbonyl (C=O) groups excluding carboxylic acids is 1. The van der Waals surface area contributed by atoms with Crippen molar-refractivity contribution in [1.29, 1.82) is 0 Å². The topological polar surface area (TPSA) is 84.9 Å². The van der Waals surface area contributed by atoms with Crippen LogP contribution in [0.5, 0.6) is 0 Å². The summed E-state index contributed by atoms with van der Waals surface area (Å²) in [4.78, 5) is 23.2. The van der Waals surface area contributed by atoms with E-state index in [0.717, 1.165) is 18.9 Å². The van der Waals surface area contributed by atoms with Gasteiger partial charge in [-0.1, -0.05) is 6.42 Å². The van der Waals surface area contributed by atoms with Crippen molar-refractivity contribution < 1.29 is 23.5 Å². The molecule has 0 bridgehead atoms. The molecule has 2 unspecified atom stereocenters. The molecule has 1 amide bonds. The Kier molecular flexibility index (Phi) is 8.06. The molecule has 128 valence electrons. The first-order valence-electron chi connectivity index (χ1n) is 8.22. The van der Waals surface area contributed by atoms with Gasteiger partial charge in [0.25, 0.3) is 0 Å². The van der Waals surface area contributed by atoms with Gasteiger partial charge in [-0.3, -0.25) is 9.59 Å². The molecule has 2 atom stereocenters. The van der Waals surface area contributed by atoms with Gasteiger partial charge in [0.2, 0.25) is 5.91 Å². The van der Waals surface area contributed by atoms with Crippen molar-refractivity contribution in [2.24, 2.45) is 11.8 Å². The second-order valence-corrected chi connectivity index (χ2v) is 9.22. The Morgan fingerprint density at radius 3 is 2.32 bits per heavy atom. The first kappa shape index (κ1) is 19.1. The first-order chi connectivity index (χ1) is 10.4. The summed E-state index contributed by atoms with van der Waals surface area (Å²) < 4.78 is 11.5. The van der Waals surface area contributed by atoms with E-state index in [4.69, 9.17) is 14.0 Å². The minimum atomic E-state index is -2.13. The van der Waals surface area contributed by atoms with E-state index < -0.39 is 20.4 Å². The second-order valence-electron chi connectivity index (χ2n) is 5.88. The zero-order chi connectivity index (χ0) is 16.6. The van der Waals surface area contributed by atoms with Crippen molar-refractivity contribution in [2.45, 2.75) is 52.1 Å². The molecule has 1 rings (SSSR count). The zero-order valence-corrected chi connectivity index (χ0v) is 14.9. The average molecular weight is 331 g/mol. The SMILES string of the molecule is CCO[Si](C)(CCCNC(=O)C1CCCC1C(=O)O)OCC. The van der Waals surface area contributed by atoms with Gasteiger partial charge in [0, 0.05) is 19.8 Å². The van der Waals surface area contributed by atoms with Gasteiger partial charge in [0.15, 0.2) is 0 Å². The van der Waals surface area contributed by atoms with Crippen molar-refractivity contribution in [1.82, 2.24) is 5.32 Å². The van der Waals surface area contributed by atoms with Crippen LogP contribution in [0, 0.1) is 11.8 Å². The average Bonchev–Trinajstić information content (AvgIpc) is 2.93. The molecule has 22 heavy (non-hydrogen) atoms. The fourth-order valence-corrected chi connectivity index (χ4v) is 5.53. The number of carboxylic acid groups (broad SMARTS) is 1. The third-order valence-electron chi connectivity index (χ3n) is 4.18. The summed E-state index contributed by atoms with van der Waals surface area (Å²) in [7, 11) is -2.13. The van der Waals surface area contributed by atoms with Crippen molar-refractivity contribution in [3.8, 4) is 0 Å². The van der Waals surface area contributed by atoms with Crippen molar-refractivity contribution in [3.05, 3.63) is 0 Å². The Morgan fingerprint density at radius 2 is 1.77 bits per heavy atom. The minimum absolute atomic E-state index is 0.124. The van der Waals surface area contributed by atoms with E-state index in [2.05, 4.69) is 5.32 Å². The maximum atomic E-state index is 12.1. The van der Waals surface area contributed by atoms with E-state index in [0.29, 0.717) is 32.6 Å². The Labute approximate surface area is 133 Å². The normalized spacial score (nSPS) is 21.8. The Morgan fingerprint density at radius 1 is 1.18 bits per heavy atom. The number of carboxylic acids is 1. The molecule has 1 aliphatic rings. The molecular weight excluding hydrogens is 302 g/mol. The molecule has 0 aromatic heterocycles. The highest BCUT2D eigenvalue weighted by molar-refractivity contribution is 6.66. The Bertz CT molecular complexity index is 371. The number of aliphatic carboxylic acids is 1. The van der Waals surface area contributed by atoms with Gasteiger partial charge in [0.1, 0.15) is 0 Å². The summed E-state index contributed by atoms with van der Waals surface area (Å²) in [5.41, 5.74) is 0. The van der Waals surface area contributed by atoms with Crippen LogP contribution in [0.25, 0.3) is 0 Å². The summed E-state index contributed by atoms with van der Waals surface area (Å²) in [5.74, 6) is -1.88. The van der Waals surface area contributed by atoms with E-state index in [1.807, 2.05) is 20.4 Å². The molecule has 0 heterocycles. The monoisotopic (exact) mass is 331 g/mol. The molecule has 1 aliphatic carbocycles. The predicted octanol–water partition coefficient (Wildman–Crippen LogP) is 2.14. The quantitative estimate of drug-likeness (QED) is 0.473. The highest BCUT2D eigenvalue weighted by Crippen LogP contribution is 2.32. The van der Waals surface area contributed by atoms with E-state index in [9.17, 15) is 9.59 Å². The number of nitrogens with one attached hydrogen (secondary N) is 1. The molecular formula is C15H29NO5Si. The van der Waals surface area contributed by atoms with Gasteiger partial charge >= 0.3 is 14.5 Å². The van der Waals surface area contributed by atoms with Crippen LogP contribution >= 0.6 is 0 Å². The number of hydrogen-bond acceptors (Lipinski definition) is 4. The maximum Gasteiger partial charge on any atom is 0.334 e. The molecule has 1 saturated carbocycles. The number of hydrogen-bond donors (Lipinski definition) is 2. The fourth-order valence-electron chi connectivity index (χ4n) is 3.12.